The number of anilines is 1. The van der Waals surface area contributed by atoms with Crippen LogP contribution in [-0.4, -0.2) is 29.8 Å². The van der Waals surface area contributed by atoms with E-state index in [1.54, 1.807) is 19.1 Å². The van der Waals surface area contributed by atoms with Crippen LogP contribution in [0.15, 0.2) is 59.8 Å². The van der Waals surface area contributed by atoms with Gasteiger partial charge < -0.3 is 4.74 Å². The van der Waals surface area contributed by atoms with Crippen LogP contribution >= 0.6 is 11.6 Å². The zero-order valence-electron chi connectivity index (χ0n) is 17.5. The number of hydrogen-bond donors (Lipinski definition) is 1. The molecular weight excluding hydrogens is 438 g/mol. The van der Waals surface area contributed by atoms with E-state index in [2.05, 4.69) is 14.7 Å². The lowest BCUT2D eigenvalue weighted by molar-refractivity contribution is 0.103. The fourth-order valence-corrected chi connectivity index (χ4v) is 3.95. The molecule has 0 radical (unpaired) electrons. The Kier molecular flexibility index (Phi) is 6.33. The number of hydrogen-bond acceptors (Lipinski definition) is 6. The minimum Gasteiger partial charge on any atom is -0.488 e. The van der Waals surface area contributed by atoms with E-state index in [0.717, 1.165) is 0 Å². The highest BCUT2D eigenvalue weighted by atomic mass is 35.5. The van der Waals surface area contributed by atoms with Crippen molar-refractivity contribution in [2.24, 2.45) is 0 Å². The first-order valence-electron chi connectivity index (χ1n) is 9.39. The van der Waals surface area contributed by atoms with E-state index in [1.807, 2.05) is 20.8 Å². The Morgan fingerprint density at radius 1 is 1.03 bits per heavy atom. The average molecular weight is 460 g/mol. The highest BCUT2D eigenvalue weighted by molar-refractivity contribution is 7.92. The van der Waals surface area contributed by atoms with Gasteiger partial charge in [0.15, 0.2) is 5.78 Å². The van der Waals surface area contributed by atoms with Crippen LogP contribution in [0.4, 0.5) is 5.69 Å². The second-order valence-corrected chi connectivity index (χ2v) is 9.95. The zero-order chi connectivity index (χ0) is 22.8. The number of sulfonamides is 1. The van der Waals surface area contributed by atoms with E-state index in [1.165, 1.54) is 42.7 Å². The van der Waals surface area contributed by atoms with Crippen LogP contribution in [0.5, 0.6) is 5.75 Å². The monoisotopic (exact) mass is 459 g/mol. The third-order valence-corrected chi connectivity index (χ3v) is 5.69. The van der Waals surface area contributed by atoms with Crippen molar-refractivity contribution in [1.29, 1.82) is 0 Å². The highest BCUT2D eigenvalue weighted by Crippen LogP contribution is 2.27. The predicted molar refractivity (Wildman–Crippen MR) is 119 cm³/mol. The second kappa shape index (κ2) is 8.64. The standard InChI is InChI=1S/C22H22ClN3O4S/c1-14-24-12-15(13-25-14)21(27)19-11-16(23)5-10-20(19)26-31(28,29)18-8-6-17(7-9-18)30-22(2,3)4/h5-13,26H,1-4H3. The maximum absolute atomic E-state index is 12.9. The Bertz CT molecular complexity index is 1200. The van der Waals surface area contributed by atoms with E-state index < -0.39 is 21.4 Å². The van der Waals surface area contributed by atoms with Gasteiger partial charge in [-0.25, -0.2) is 18.4 Å². The Morgan fingerprint density at radius 2 is 1.65 bits per heavy atom. The van der Waals surface area contributed by atoms with Crippen LogP contribution < -0.4 is 9.46 Å². The molecule has 0 atom stereocenters. The van der Waals surface area contributed by atoms with Gasteiger partial charge in [-0.2, -0.15) is 0 Å². The maximum atomic E-state index is 12.9. The van der Waals surface area contributed by atoms with E-state index in [4.69, 9.17) is 16.3 Å². The molecule has 162 valence electrons. The van der Waals surface area contributed by atoms with Gasteiger partial charge in [-0.1, -0.05) is 11.6 Å². The minimum absolute atomic E-state index is 0.0285. The van der Waals surface area contributed by atoms with Gasteiger partial charge in [0.25, 0.3) is 10.0 Å². The van der Waals surface area contributed by atoms with Crippen LogP contribution in [0.3, 0.4) is 0 Å². The first-order valence-corrected chi connectivity index (χ1v) is 11.3. The molecule has 0 fully saturated rings. The average Bonchev–Trinajstić information content (AvgIpc) is 2.68. The molecule has 1 aromatic heterocycles. The number of aromatic nitrogens is 2. The summed E-state index contributed by atoms with van der Waals surface area (Å²) in [4.78, 5) is 21.0. The Morgan fingerprint density at radius 3 is 2.23 bits per heavy atom. The number of ketones is 1. The maximum Gasteiger partial charge on any atom is 0.261 e. The number of carbonyl (C=O) groups is 1. The molecule has 2 aromatic carbocycles. The molecule has 3 rings (SSSR count). The summed E-state index contributed by atoms with van der Waals surface area (Å²) in [6.45, 7) is 7.40. The summed E-state index contributed by atoms with van der Waals surface area (Å²) in [6.07, 6.45) is 2.77. The molecule has 0 aliphatic rings. The molecule has 0 spiro atoms. The van der Waals surface area contributed by atoms with Crippen LogP contribution in [0.2, 0.25) is 5.02 Å². The molecule has 0 bridgehead atoms. The van der Waals surface area contributed by atoms with Crippen molar-refractivity contribution in [2.75, 3.05) is 4.72 Å². The number of aryl methyl sites for hydroxylation is 1. The van der Waals surface area contributed by atoms with E-state index >= 15 is 0 Å². The van der Waals surface area contributed by atoms with Crippen LogP contribution in [0, 0.1) is 6.92 Å². The molecule has 0 aliphatic carbocycles. The molecule has 1 heterocycles. The first kappa shape index (κ1) is 22.7. The lowest BCUT2D eigenvalue weighted by atomic mass is 10.0. The van der Waals surface area contributed by atoms with Gasteiger partial charge in [-0.3, -0.25) is 9.52 Å². The van der Waals surface area contributed by atoms with Gasteiger partial charge >= 0.3 is 0 Å². The van der Waals surface area contributed by atoms with E-state index in [9.17, 15) is 13.2 Å². The Hall–Kier alpha value is -2.97. The lowest BCUT2D eigenvalue weighted by Gasteiger charge is -2.21. The molecule has 0 unspecified atom stereocenters. The van der Waals surface area contributed by atoms with Crippen LogP contribution in [-0.2, 0) is 10.0 Å². The largest absolute Gasteiger partial charge is 0.488 e. The number of halogens is 1. The van der Waals surface area contributed by atoms with Crippen molar-refractivity contribution in [3.63, 3.8) is 0 Å². The van der Waals surface area contributed by atoms with Gasteiger partial charge in [-0.05, 0) is 70.2 Å². The smallest absolute Gasteiger partial charge is 0.261 e. The third-order valence-electron chi connectivity index (χ3n) is 4.07. The fraction of sp³-hybridized carbons (Fsp3) is 0.227. The summed E-state index contributed by atoms with van der Waals surface area (Å²) >= 11 is 6.06. The fourth-order valence-electron chi connectivity index (χ4n) is 2.70. The number of nitrogens with zero attached hydrogens (tertiary/aromatic N) is 2. The normalized spacial score (nSPS) is 11.8. The minimum atomic E-state index is -3.96. The van der Waals surface area contributed by atoms with Crippen LogP contribution in [0.25, 0.3) is 0 Å². The third kappa shape index (κ3) is 5.80. The molecule has 3 aromatic rings. The lowest BCUT2D eigenvalue weighted by Crippen LogP contribution is -2.23. The summed E-state index contributed by atoms with van der Waals surface area (Å²) in [7, 11) is -3.96. The van der Waals surface area contributed by atoms with Crippen molar-refractivity contribution in [1.82, 2.24) is 9.97 Å². The first-order chi connectivity index (χ1) is 14.4. The summed E-state index contributed by atoms with van der Waals surface area (Å²) < 4.78 is 34.0. The van der Waals surface area contributed by atoms with Crippen molar-refractivity contribution in [2.45, 2.75) is 38.2 Å². The number of ether oxygens (including phenoxy) is 1. The van der Waals surface area contributed by atoms with Gasteiger partial charge in [0.2, 0.25) is 0 Å². The second-order valence-electron chi connectivity index (χ2n) is 7.83. The predicted octanol–water partition coefficient (Wildman–Crippen LogP) is 4.65. The zero-order valence-corrected chi connectivity index (χ0v) is 19.1. The van der Waals surface area contributed by atoms with Crippen molar-refractivity contribution >= 4 is 33.1 Å². The molecule has 1 N–H and O–H groups in total. The Labute approximate surface area is 186 Å². The molecule has 0 saturated heterocycles. The van der Waals surface area contributed by atoms with Crippen LogP contribution in [0.1, 0.15) is 42.5 Å². The van der Waals surface area contributed by atoms with Gasteiger partial charge in [0, 0.05) is 23.0 Å². The van der Waals surface area contributed by atoms with Crippen molar-refractivity contribution < 1.29 is 17.9 Å². The molecule has 0 amide bonds. The van der Waals surface area contributed by atoms with Gasteiger partial charge in [0.1, 0.15) is 17.2 Å². The number of nitrogens with one attached hydrogen (secondary N) is 1. The number of rotatable bonds is 6. The van der Waals surface area contributed by atoms with E-state index in [0.29, 0.717) is 16.6 Å². The SMILES string of the molecule is Cc1ncc(C(=O)c2cc(Cl)ccc2NS(=O)(=O)c2ccc(OC(C)(C)C)cc2)cn1. The number of benzene rings is 2. The molecule has 0 saturated carbocycles. The van der Waals surface area contributed by atoms with Gasteiger partial charge in [0.05, 0.1) is 16.1 Å². The Balaban J connectivity index is 1.91. The van der Waals surface area contributed by atoms with Crippen molar-refractivity contribution in [3.8, 4) is 5.75 Å². The molecule has 0 aliphatic heterocycles. The summed E-state index contributed by atoms with van der Waals surface area (Å²) in [5.41, 5.74) is 0.00915. The van der Waals surface area contributed by atoms with Crippen molar-refractivity contribution in [3.05, 3.63) is 76.8 Å². The highest BCUT2D eigenvalue weighted by Gasteiger charge is 2.21. The summed E-state index contributed by atoms with van der Waals surface area (Å²) in [5.74, 6) is 0.616. The quantitative estimate of drug-likeness (QED) is 0.539. The molecule has 7 nitrogen and oxygen atoms in total. The number of carbonyl (C=O) groups excluding carboxylic acids is 1. The van der Waals surface area contributed by atoms with Gasteiger partial charge in [-0.15, -0.1) is 0 Å². The molecule has 31 heavy (non-hydrogen) atoms. The summed E-state index contributed by atoms with van der Waals surface area (Å²) in [5, 5.41) is 0.294. The topological polar surface area (TPSA) is 98.2 Å². The molecular formula is C22H22ClN3O4S. The molecule has 9 heteroatoms. The van der Waals surface area contributed by atoms with E-state index in [-0.39, 0.29) is 21.7 Å². The summed E-state index contributed by atoms with van der Waals surface area (Å²) in [6, 6.07) is 10.4.